The van der Waals surface area contributed by atoms with Gasteiger partial charge in [0.1, 0.15) is 0 Å². The summed E-state index contributed by atoms with van der Waals surface area (Å²) in [4.78, 5) is 7.11. The van der Waals surface area contributed by atoms with Gasteiger partial charge < -0.3 is 15.4 Å². The molecule has 1 aliphatic heterocycles. The number of halogens is 1. The number of nitrogens with zero attached hydrogens (tertiary/aromatic N) is 2. The average molecular weight is 377 g/mol. The molecule has 1 aromatic carbocycles. The summed E-state index contributed by atoms with van der Waals surface area (Å²) in [5.41, 5.74) is 0.995. The van der Waals surface area contributed by atoms with E-state index in [-0.39, 0.29) is 5.82 Å². The summed E-state index contributed by atoms with van der Waals surface area (Å²) in [6.07, 6.45) is 6.14. The monoisotopic (exact) mass is 376 g/mol. The van der Waals surface area contributed by atoms with Crippen LogP contribution >= 0.6 is 0 Å². The number of piperidine rings is 1. The van der Waals surface area contributed by atoms with E-state index >= 15 is 0 Å². The van der Waals surface area contributed by atoms with Gasteiger partial charge in [-0.05, 0) is 49.8 Å². The first-order valence-corrected chi connectivity index (χ1v) is 10.3. The summed E-state index contributed by atoms with van der Waals surface area (Å²) >= 11 is 0. The molecule has 2 aliphatic rings. The molecule has 1 aliphatic carbocycles. The number of likely N-dealkylation sites (tertiary alicyclic amines) is 1. The van der Waals surface area contributed by atoms with Gasteiger partial charge in [0.05, 0.1) is 7.11 Å². The van der Waals surface area contributed by atoms with E-state index in [1.165, 1.54) is 26.4 Å². The molecule has 0 atom stereocenters. The predicted octanol–water partition coefficient (Wildman–Crippen LogP) is 3.15. The van der Waals surface area contributed by atoms with Crippen molar-refractivity contribution in [2.75, 3.05) is 33.3 Å². The summed E-state index contributed by atoms with van der Waals surface area (Å²) in [6, 6.07) is 5.69. The van der Waals surface area contributed by atoms with Crippen molar-refractivity contribution < 1.29 is 9.13 Å². The van der Waals surface area contributed by atoms with Crippen LogP contribution < -0.4 is 15.4 Å². The predicted molar refractivity (Wildman–Crippen MR) is 108 cm³/mol. The Morgan fingerprint density at radius 3 is 2.67 bits per heavy atom. The molecule has 6 heteroatoms. The lowest BCUT2D eigenvalue weighted by molar-refractivity contribution is 0.198. The highest BCUT2D eigenvalue weighted by Gasteiger charge is 2.22. The maximum atomic E-state index is 13.9. The van der Waals surface area contributed by atoms with Crippen molar-refractivity contribution in [1.29, 1.82) is 0 Å². The molecule has 0 amide bonds. The van der Waals surface area contributed by atoms with Crippen molar-refractivity contribution in [3.8, 4) is 5.75 Å². The van der Waals surface area contributed by atoms with E-state index in [9.17, 15) is 4.39 Å². The highest BCUT2D eigenvalue weighted by molar-refractivity contribution is 5.80. The van der Waals surface area contributed by atoms with E-state index in [1.807, 2.05) is 6.07 Å². The van der Waals surface area contributed by atoms with Crippen molar-refractivity contribution in [3.05, 3.63) is 29.6 Å². The van der Waals surface area contributed by atoms with Crippen molar-refractivity contribution >= 4 is 5.96 Å². The summed E-state index contributed by atoms with van der Waals surface area (Å²) in [6.45, 7) is 6.70. The maximum absolute atomic E-state index is 13.9. The molecule has 27 heavy (non-hydrogen) atoms. The quantitative estimate of drug-likeness (QED) is 0.541. The first-order valence-electron chi connectivity index (χ1n) is 10.3. The van der Waals surface area contributed by atoms with Crippen molar-refractivity contribution in [3.63, 3.8) is 0 Å². The van der Waals surface area contributed by atoms with Crippen molar-refractivity contribution in [2.45, 2.75) is 51.6 Å². The smallest absolute Gasteiger partial charge is 0.191 e. The van der Waals surface area contributed by atoms with Crippen LogP contribution in [0, 0.1) is 11.7 Å². The lowest BCUT2D eigenvalue weighted by Crippen LogP contribution is -2.48. The van der Waals surface area contributed by atoms with Crippen LogP contribution in [0.4, 0.5) is 4.39 Å². The number of rotatable bonds is 8. The second kappa shape index (κ2) is 9.93. The minimum absolute atomic E-state index is 0.288. The molecule has 1 saturated heterocycles. The third-order valence-electron chi connectivity index (χ3n) is 5.40. The Bertz CT molecular complexity index is 625. The van der Waals surface area contributed by atoms with E-state index in [4.69, 9.17) is 9.73 Å². The van der Waals surface area contributed by atoms with Gasteiger partial charge in [-0.1, -0.05) is 18.9 Å². The van der Waals surface area contributed by atoms with E-state index in [0.717, 1.165) is 63.0 Å². The van der Waals surface area contributed by atoms with Crippen LogP contribution in [0.25, 0.3) is 0 Å². The molecule has 0 spiro atoms. The zero-order valence-electron chi connectivity index (χ0n) is 16.6. The fourth-order valence-electron chi connectivity index (χ4n) is 3.58. The van der Waals surface area contributed by atoms with Crippen molar-refractivity contribution in [1.82, 2.24) is 15.5 Å². The van der Waals surface area contributed by atoms with Crippen LogP contribution in [-0.4, -0.2) is 50.2 Å². The van der Waals surface area contributed by atoms with Crippen LogP contribution in [0.1, 0.15) is 44.6 Å². The number of nitrogens with one attached hydrogen (secondary N) is 2. The fraction of sp³-hybridized carbons (Fsp3) is 0.667. The molecule has 0 aromatic heterocycles. The molecule has 1 saturated carbocycles. The number of hydrogen-bond donors (Lipinski definition) is 2. The number of guanidine groups is 1. The lowest BCUT2D eigenvalue weighted by Gasteiger charge is -2.33. The maximum Gasteiger partial charge on any atom is 0.191 e. The van der Waals surface area contributed by atoms with Crippen LogP contribution in [0.2, 0.25) is 0 Å². The van der Waals surface area contributed by atoms with Gasteiger partial charge in [0, 0.05) is 38.8 Å². The Morgan fingerprint density at radius 2 is 2.04 bits per heavy atom. The van der Waals surface area contributed by atoms with Gasteiger partial charge >= 0.3 is 0 Å². The third-order valence-corrected chi connectivity index (χ3v) is 5.40. The summed E-state index contributed by atoms with van der Waals surface area (Å²) < 4.78 is 18.9. The van der Waals surface area contributed by atoms with Gasteiger partial charge in [-0.3, -0.25) is 9.89 Å². The van der Waals surface area contributed by atoms with Crippen LogP contribution in [0.3, 0.4) is 0 Å². The molecule has 1 aromatic rings. The van der Waals surface area contributed by atoms with Gasteiger partial charge in [0.15, 0.2) is 17.5 Å². The molecular weight excluding hydrogens is 343 g/mol. The standard InChI is InChI=1S/C21H33FN4O/c1-3-23-21(24-11-8-16-4-5-16)25-18-9-12-26(13-10-18)15-17-6-7-20(27-2)19(22)14-17/h6-7,14,16,18H,3-5,8-13,15H2,1-2H3,(H2,23,24,25). The first kappa shape index (κ1) is 19.9. The van der Waals surface area contributed by atoms with E-state index in [1.54, 1.807) is 12.1 Å². The van der Waals surface area contributed by atoms with Crippen LogP contribution in [0.15, 0.2) is 23.2 Å². The molecule has 2 fully saturated rings. The topological polar surface area (TPSA) is 48.9 Å². The molecule has 0 bridgehead atoms. The Kier molecular flexibility index (Phi) is 7.33. The molecule has 0 unspecified atom stereocenters. The van der Waals surface area contributed by atoms with Gasteiger partial charge in [-0.25, -0.2) is 4.39 Å². The Morgan fingerprint density at radius 1 is 1.26 bits per heavy atom. The van der Waals surface area contributed by atoms with Crippen molar-refractivity contribution in [2.24, 2.45) is 10.9 Å². The van der Waals surface area contributed by atoms with Gasteiger partial charge in [0.2, 0.25) is 0 Å². The summed E-state index contributed by atoms with van der Waals surface area (Å²) in [7, 11) is 1.49. The second-order valence-electron chi connectivity index (χ2n) is 7.66. The average Bonchev–Trinajstić information content (AvgIpc) is 3.48. The van der Waals surface area contributed by atoms with Crippen LogP contribution in [0.5, 0.6) is 5.75 Å². The normalized spacial score (nSPS) is 19.1. The molecule has 0 radical (unpaired) electrons. The molecule has 2 N–H and O–H groups in total. The highest BCUT2D eigenvalue weighted by atomic mass is 19.1. The first-order chi connectivity index (χ1) is 13.2. The van der Waals surface area contributed by atoms with Gasteiger partial charge in [-0.2, -0.15) is 0 Å². The zero-order valence-corrected chi connectivity index (χ0v) is 16.6. The molecule has 3 rings (SSSR count). The number of ether oxygens (including phenoxy) is 1. The molecular formula is C21H33FN4O. The molecule has 1 heterocycles. The Labute approximate surface area is 162 Å². The van der Waals surface area contributed by atoms with Crippen LogP contribution in [-0.2, 0) is 6.54 Å². The zero-order chi connectivity index (χ0) is 19.1. The number of benzene rings is 1. The van der Waals surface area contributed by atoms with E-state index in [2.05, 4.69) is 22.5 Å². The molecule has 5 nitrogen and oxygen atoms in total. The van der Waals surface area contributed by atoms with Gasteiger partial charge in [-0.15, -0.1) is 0 Å². The van der Waals surface area contributed by atoms with E-state index in [0.29, 0.717) is 11.8 Å². The Hall–Kier alpha value is -1.82. The minimum atomic E-state index is -0.288. The second-order valence-corrected chi connectivity index (χ2v) is 7.66. The number of aliphatic imine (C=N–C) groups is 1. The minimum Gasteiger partial charge on any atom is -0.494 e. The van der Waals surface area contributed by atoms with Gasteiger partial charge in [0.25, 0.3) is 0 Å². The lowest BCUT2D eigenvalue weighted by atomic mass is 10.0. The fourth-order valence-corrected chi connectivity index (χ4v) is 3.58. The largest absolute Gasteiger partial charge is 0.494 e. The summed E-state index contributed by atoms with van der Waals surface area (Å²) in [5, 5.41) is 6.96. The van der Waals surface area contributed by atoms with E-state index < -0.39 is 0 Å². The summed E-state index contributed by atoms with van der Waals surface area (Å²) in [5.74, 6) is 1.89. The Balaban J connectivity index is 1.43. The number of hydrogen-bond acceptors (Lipinski definition) is 3. The SMILES string of the molecule is CCNC(=NCCC1CC1)NC1CCN(Cc2ccc(OC)c(F)c2)CC1. The molecule has 150 valence electrons. The number of methoxy groups -OCH3 is 1. The third kappa shape index (κ3) is 6.38. The highest BCUT2D eigenvalue weighted by Crippen LogP contribution is 2.32.